The molecule has 0 rings (SSSR count). The summed E-state index contributed by atoms with van der Waals surface area (Å²) in [6.07, 6.45) is 2.11. The molecule has 0 bridgehead atoms. The summed E-state index contributed by atoms with van der Waals surface area (Å²) in [7, 11) is 5.74. The first kappa shape index (κ1) is 16.1. The summed E-state index contributed by atoms with van der Waals surface area (Å²) >= 11 is 0. The van der Waals surface area contributed by atoms with Crippen molar-refractivity contribution in [2.45, 2.75) is 25.4 Å². The van der Waals surface area contributed by atoms with Gasteiger partial charge in [-0.1, -0.05) is 0 Å². The van der Waals surface area contributed by atoms with Crippen LogP contribution in [0.25, 0.3) is 0 Å². The maximum absolute atomic E-state index is 5.55. The molecular weight excluding hydrogens is 222 g/mol. The monoisotopic (exact) mass is 249 g/mol. The van der Waals surface area contributed by atoms with Crippen LogP contribution in [0.15, 0.2) is 0 Å². The quantitative estimate of drug-likeness (QED) is 0.436. The average molecular weight is 249 g/mol. The molecule has 0 aromatic rings. The molecule has 0 spiro atoms. The van der Waals surface area contributed by atoms with Gasteiger partial charge in [-0.2, -0.15) is 0 Å². The van der Waals surface area contributed by atoms with Gasteiger partial charge in [0.2, 0.25) is 0 Å². The third kappa shape index (κ3) is 8.24. The molecule has 0 radical (unpaired) electrons. The molecule has 0 aliphatic rings. The predicted molar refractivity (Wildman–Crippen MR) is 69.1 cm³/mol. The van der Waals surface area contributed by atoms with Crippen molar-refractivity contribution >= 4 is 8.56 Å². The zero-order chi connectivity index (χ0) is 12.4. The molecular formula is C11H27NO3Si. The minimum absolute atomic E-state index is 0.808. The zero-order valence-electron chi connectivity index (χ0n) is 11.4. The molecule has 0 atom stereocenters. The highest BCUT2D eigenvalue weighted by Crippen LogP contribution is 2.13. The van der Waals surface area contributed by atoms with E-state index in [0.717, 1.165) is 38.6 Å². The molecule has 0 N–H and O–H groups in total. The topological polar surface area (TPSA) is 30.9 Å². The van der Waals surface area contributed by atoms with Crippen LogP contribution in [0.5, 0.6) is 0 Å². The second-order valence-corrected chi connectivity index (χ2v) is 8.00. The minimum atomic E-state index is -1.87. The Morgan fingerprint density at radius 3 is 2.06 bits per heavy atom. The van der Waals surface area contributed by atoms with Gasteiger partial charge in [0, 0.05) is 27.4 Å². The predicted octanol–water partition coefficient (Wildman–Crippen LogP) is 1.71. The lowest BCUT2D eigenvalue weighted by Crippen LogP contribution is -2.36. The van der Waals surface area contributed by atoms with E-state index >= 15 is 0 Å². The van der Waals surface area contributed by atoms with Gasteiger partial charge in [-0.05, 0) is 46.1 Å². The van der Waals surface area contributed by atoms with Crippen molar-refractivity contribution in [2.75, 3.05) is 48.1 Å². The average Bonchev–Trinajstić information content (AvgIpc) is 2.27. The van der Waals surface area contributed by atoms with Crippen LogP contribution in [0.1, 0.15) is 12.8 Å². The maximum Gasteiger partial charge on any atom is 0.334 e. The molecule has 4 nitrogen and oxygen atoms in total. The summed E-state index contributed by atoms with van der Waals surface area (Å²) < 4.78 is 16.4. The normalized spacial score (nSPS) is 12.4. The van der Waals surface area contributed by atoms with Crippen LogP contribution in [0.2, 0.25) is 12.6 Å². The van der Waals surface area contributed by atoms with Crippen molar-refractivity contribution in [2.24, 2.45) is 0 Å². The second kappa shape index (κ2) is 9.12. The van der Waals surface area contributed by atoms with Crippen molar-refractivity contribution in [3.8, 4) is 0 Å². The summed E-state index contributed by atoms with van der Waals surface area (Å²) in [5.74, 6) is 0. The van der Waals surface area contributed by atoms with Crippen LogP contribution >= 0.6 is 0 Å². The molecule has 0 unspecified atom stereocenters. The summed E-state index contributed by atoms with van der Waals surface area (Å²) in [5.41, 5.74) is 0. The molecule has 5 heteroatoms. The van der Waals surface area contributed by atoms with Crippen molar-refractivity contribution in [3.05, 3.63) is 0 Å². The number of hydrogen-bond acceptors (Lipinski definition) is 4. The van der Waals surface area contributed by atoms with Crippen molar-refractivity contribution in [1.29, 1.82) is 0 Å². The highest BCUT2D eigenvalue weighted by atomic mass is 28.4. The summed E-state index contributed by atoms with van der Waals surface area (Å²) in [6.45, 7) is 4.82. The van der Waals surface area contributed by atoms with Gasteiger partial charge in [0.25, 0.3) is 0 Å². The molecule has 0 saturated heterocycles. The first-order chi connectivity index (χ1) is 7.54. The Kier molecular flexibility index (Phi) is 9.16. The highest BCUT2D eigenvalue weighted by Gasteiger charge is 2.27. The van der Waals surface area contributed by atoms with Gasteiger partial charge in [0.1, 0.15) is 0 Å². The molecule has 98 valence electrons. The lowest BCUT2D eigenvalue weighted by molar-refractivity contribution is 0.123. The highest BCUT2D eigenvalue weighted by molar-refractivity contribution is 6.65. The Hall–Kier alpha value is 0.0569. The number of ether oxygens (including phenoxy) is 1. The van der Waals surface area contributed by atoms with Gasteiger partial charge >= 0.3 is 8.56 Å². The van der Waals surface area contributed by atoms with Crippen LogP contribution in [-0.4, -0.2) is 61.5 Å². The van der Waals surface area contributed by atoms with Gasteiger partial charge in [0.05, 0.1) is 0 Å². The molecule has 0 fully saturated rings. The summed E-state index contributed by atoms with van der Waals surface area (Å²) in [6, 6.07) is 0.994. The third-order valence-corrected chi connectivity index (χ3v) is 5.67. The number of nitrogens with zero attached hydrogens (tertiary/aromatic N) is 1. The molecule has 0 aromatic carbocycles. The van der Waals surface area contributed by atoms with Crippen LogP contribution in [0.3, 0.4) is 0 Å². The van der Waals surface area contributed by atoms with Crippen LogP contribution in [0, 0.1) is 0 Å². The van der Waals surface area contributed by atoms with Gasteiger partial charge in [-0.15, -0.1) is 0 Å². The Balaban J connectivity index is 3.33. The largest absolute Gasteiger partial charge is 0.398 e. The first-order valence-corrected chi connectivity index (χ1v) is 8.39. The van der Waals surface area contributed by atoms with Crippen LogP contribution in [0.4, 0.5) is 0 Å². The van der Waals surface area contributed by atoms with E-state index in [2.05, 4.69) is 25.5 Å². The van der Waals surface area contributed by atoms with Crippen molar-refractivity contribution in [1.82, 2.24) is 4.90 Å². The smallest absolute Gasteiger partial charge is 0.334 e. The van der Waals surface area contributed by atoms with Gasteiger partial charge in [-0.25, -0.2) is 0 Å². The Labute approximate surface area is 101 Å². The van der Waals surface area contributed by atoms with Gasteiger partial charge in [0.15, 0.2) is 0 Å². The minimum Gasteiger partial charge on any atom is -0.398 e. The summed E-state index contributed by atoms with van der Waals surface area (Å²) in [5, 5.41) is 0. The fourth-order valence-electron chi connectivity index (χ4n) is 1.37. The fraction of sp³-hybridized carbons (Fsp3) is 1.00. The van der Waals surface area contributed by atoms with E-state index in [1.807, 2.05) is 0 Å². The van der Waals surface area contributed by atoms with Crippen LogP contribution < -0.4 is 0 Å². The second-order valence-electron chi connectivity index (χ2n) is 4.41. The SMILES string of the molecule is CO[Si](C)(CCCOCCCN(C)C)OC. The standard InChI is InChI=1S/C11H27NO3Si/c1-12(2)8-6-9-15-10-7-11-16(5,13-3)14-4/h6-11H2,1-5H3. The third-order valence-electron chi connectivity index (χ3n) is 2.68. The lowest BCUT2D eigenvalue weighted by atomic mass is 10.4. The van der Waals surface area contributed by atoms with E-state index in [9.17, 15) is 0 Å². The van der Waals surface area contributed by atoms with E-state index in [-0.39, 0.29) is 0 Å². The van der Waals surface area contributed by atoms with E-state index in [1.165, 1.54) is 0 Å². The molecule has 0 aromatic heterocycles. The van der Waals surface area contributed by atoms with E-state index in [1.54, 1.807) is 14.2 Å². The van der Waals surface area contributed by atoms with E-state index in [4.69, 9.17) is 13.6 Å². The first-order valence-electron chi connectivity index (χ1n) is 5.87. The van der Waals surface area contributed by atoms with Crippen molar-refractivity contribution < 1.29 is 13.6 Å². The molecule has 0 aliphatic heterocycles. The zero-order valence-corrected chi connectivity index (χ0v) is 12.4. The summed E-state index contributed by atoms with van der Waals surface area (Å²) in [4.78, 5) is 2.17. The Morgan fingerprint density at radius 2 is 1.56 bits per heavy atom. The van der Waals surface area contributed by atoms with E-state index in [0.29, 0.717) is 0 Å². The van der Waals surface area contributed by atoms with Gasteiger partial charge < -0.3 is 18.5 Å². The molecule has 0 heterocycles. The maximum atomic E-state index is 5.55. The molecule has 0 saturated carbocycles. The van der Waals surface area contributed by atoms with Crippen LogP contribution in [-0.2, 0) is 13.6 Å². The van der Waals surface area contributed by atoms with E-state index < -0.39 is 8.56 Å². The fourth-order valence-corrected chi connectivity index (χ4v) is 2.73. The van der Waals surface area contributed by atoms with Gasteiger partial charge in [-0.3, -0.25) is 0 Å². The Bertz CT molecular complexity index is 163. The Morgan fingerprint density at radius 1 is 1.00 bits per heavy atom. The molecule has 0 amide bonds. The van der Waals surface area contributed by atoms with Crippen molar-refractivity contribution in [3.63, 3.8) is 0 Å². The molecule has 16 heavy (non-hydrogen) atoms. The number of rotatable bonds is 10. The lowest BCUT2D eigenvalue weighted by Gasteiger charge is -2.22. The molecule has 0 aliphatic carbocycles. The number of hydrogen-bond donors (Lipinski definition) is 0.